The van der Waals surface area contributed by atoms with Crippen LogP contribution in [0.5, 0.6) is 0 Å². The van der Waals surface area contributed by atoms with Crippen molar-refractivity contribution in [1.82, 2.24) is 9.97 Å². The number of nitrogens with zero attached hydrogens (tertiary/aromatic N) is 2. The Kier molecular flexibility index (Phi) is 3.29. The number of carbonyl (C=O) groups is 2. The van der Waals surface area contributed by atoms with Gasteiger partial charge in [-0.1, -0.05) is 6.07 Å². The molecule has 18 heavy (non-hydrogen) atoms. The third kappa shape index (κ3) is 2.49. The van der Waals surface area contributed by atoms with Crippen molar-refractivity contribution < 1.29 is 14.7 Å². The smallest absolute Gasteiger partial charge is 0.338 e. The number of pyridine rings is 2. The van der Waals surface area contributed by atoms with Crippen molar-refractivity contribution >= 4 is 17.7 Å². The first-order chi connectivity index (χ1) is 8.68. The summed E-state index contributed by atoms with van der Waals surface area (Å²) in [6, 6.07) is 6.39. The highest BCUT2D eigenvalue weighted by Crippen LogP contribution is 2.10. The topological polar surface area (TPSA) is 92.2 Å². The van der Waals surface area contributed by atoms with E-state index in [0.717, 1.165) is 6.20 Å². The number of hydrogen-bond donors (Lipinski definition) is 2. The third-order valence-electron chi connectivity index (χ3n) is 2.20. The fourth-order valence-electron chi connectivity index (χ4n) is 1.38. The van der Waals surface area contributed by atoms with Crippen LogP contribution in [0.4, 0.5) is 5.82 Å². The van der Waals surface area contributed by atoms with E-state index in [2.05, 4.69) is 15.3 Å². The minimum absolute atomic E-state index is 0.0446. The maximum Gasteiger partial charge on any atom is 0.338 e. The SMILES string of the molecule is O=C(O)c1cnccc1C(=O)Nc1ccccn1. The number of carbonyl (C=O) groups excluding carboxylic acids is 1. The Balaban J connectivity index is 2.27. The molecule has 0 atom stereocenters. The van der Waals surface area contributed by atoms with Gasteiger partial charge in [0.05, 0.1) is 11.1 Å². The van der Waals surface area contributed by atoms with E-state index in [4.69, 9.17) is 5.11 Å². The molecule has 2 rings (SSSR count). The van der Waals surface area contributed by atoms with Gasteiger partial charge < -0.3 is 10.4 Å². The van der Waals surface area contributed by atoms with Crippen molar-refractivity contribution in [2.45, 2.75) is 0 Å². The van der Waals surface area contributed by atoms with Crippen molar-refractivity contribution in [1.29, 1.82) is 0 Å². The second kappa shape index (κ2) is 5.05. The van der Waals surface area contributed by atoms with Crippen LogP contribution < -0.4 is 5.32 Å². The molecule has 0 saturated carbocycles. The molecule has 2 heterocycles. The zero-order valence-corrected chi connectivity index (χ0v) is 9.20. The van der Waals surface area contributed by atoms with E-state index in [-0.39, 0.29) is 11.1 Å². The highest BCUT2D eigenvalue weighted by Gasteiger charge is 2.16. The first-order valence-corrected chi connectivity index (χ1v) is 5.08. The number of hydrogen-bond acceptors (Lipinski definition) is 4. The van der Waals surface area contributed by atoms with Crippen LogP contribution >= 0.6 is 0 Å². The van der Waals surface area contributed by atoms with Crippen molar-refractivity contribution in [2.75, 3.05) is 5.32 Å². The molecule has 6 nitrogen and oxygen atoms in total. The van der Waals surface area contributed by atoms with Gasteiger partial charge in [-0.3, -0.25) is 9.78 Å². The number of nitrogens with one attached hydrogen (secondary N) is 1. The molecule has 90 valence electrons. The van der Waals surface area contributed by atoms with Gasteiger partial charge >= 0.3 is 5.97 Å². The molecule has 2 aromatic rings. The Morgan fingerprint density at radius 1 is 1.11 bits per heavy atom. The van der Waals surface area contributed by atoms with Gasteiger partial charge in [0.25, 0.3) is 5.91 Å². The van der Waals surface area contributed by atoms with Gasteiger partial charge in [-0.05, 0) is 18.2 Å². The number of amides is 1. The lowest BCUT2D eigenvalue weighted by Crippen LogP contribution is -2.17. The molecule has 0 spiro atoms. The van der Waals surface area contributed by atoms with Crippen LogP contribution in [0.1, 0.15) is 20.7 Å². The predicted molar refractivity (Wildman–Crippen MR) is 63.4 cm³/mol. The molecule has 0 saturated heterocycles. The average Bonchev–Trinajstić information content (AvgIpc) is 2.40. The van der Waals surface area contributed by atoms with Crippen molar-refractivity contribution in [3.05, 3.63) is 54.0 Å². The molecule has 0 aliphatic carbocycles. The van der Waals surface area contributed by atoms with Gasteiger partial charge in [-0.15, -0.1) is 0 Å². The summed E-state index contributed by atoms with van der Waals surface area (Å²) in [6.45, 7) is 0. The van der Waals surface area contributed by atoms with E-state index in [9.17, 15) is 9.59 Å². The number of carboxylic acids is 1. The molecule has 0 aliphatic heterocycles. The maximum absolute atomic E-state index is 11.9. The maximum atomic E-state index is 11.9. The van der Waals surface area contributed by atoms with Crippen LogP contribution in [-0.4, -0.2) is 27.0 Å². The Labute approximate surface area is 102 Å². The molecule has 1 amide bonds. The summed E-state index contributed by atoms with van der Waals surface area (Å²) in [5, 5.41) is 11.5. The van der Waals surface area contributed by atoms with Crippen molar-refractivity contribution in [3.8, 4) is 0 Å². The zero-order valence-electron chi connectivity index (χ0n) is 9.20. The molecule has 0 aliphatic rings. The summed E-state index contributed by atoms with van der Waals surface area (Å²) in [4.78, 5) is 30.4. The second-order valence-electron chi connectivity index (χ2n) is 3.40. The van der Waals surface area contributed by atoms with Crippen molar-refractivity contribution in [3.63, 3.8) is 0 Å². The van der Waals surface area contributed by atoms with Gasteiger partial charge in [0.1, 0.15) is 5.82 Å². The molecule has 0 bridgehead atoms. The van der Waals surface area contributed by atoms with Gasteiger partial charge in [0.15, 0.2) is 0 Å². The lowest BCUT2D eigenvalue weighted by molar-refractivity contribution is 0.0692. The summed E-state index contributed by atoms with van der Waals surface area (Å²) in [6.07, 6.45) is 4.02. The van der Waals surface area contributed by atoms with Gasteiger partial charge in [-0.2, -0.15) is 0 Å². The first kappa shape index (κ1) is 11.7. The van der Waals surface area contributed by atoms with E-state index < -0.39 is 11.9 Å². The van der Waals surface area contributed by atoms with Gasteiger partial charge in [-0.25, -0.2) is 9.78 Å². The summed E-state index contributed by atoms with van der Waals surface area (Å²) >= 11 is 0. The summed E-state index contributed by atoms with van der Waals surface area (Å²) in [5.41, 5.74) is -0.103. The normalized spacial score (nSPS) is 9.78. The standard InChI is InChI=1S/C12H9N3O3/c16-11(15-10-3-1-2-5-14-10)8-4-6-13-7-9(8)12(17)18/h1-7H,(H,17,18)(H,14,15,16). The van der Waals surface area contributed by atoms with E-state index >= 15 is 0 Å². The zero-order chi connectivity index (χ0) is 13.0. The highest BCUT2D eigenvalue weighted by atomic mass is 16.4. The molecule has 0 aromatic carbocycles. The van der Waals surface area contributed by atoms with Crippen LogP contribution in [0.15, 0.2) is 42.9 Å². The lowest BCUT2D eigenvalue weighted by Gasteiger charge is -2.06. The summed E-state index contributed by atoms with van der Waals surface area (Å²) < 4.78 is 0. The van der Waals surface area contributed by atoms with Crippen LogP contribution in [0, 0.1) is 0 Å². The van der Waals surface area contributed by atoms with E-state index in [1.807, 2.05) is 0 Å². The quantitative estimate of drug-likeness (QED) is 0.850. The van der Waals surface area contributed by atoms with Crippen LogP contribution in [0.3, 0.4) is 0 Å². The Morgan fingerprint density at radius 2 is 1.94 bits per heavy atom. The minimum atomic E-state index is -1.20. The third-order valence-corrected chi connectivity index (χ3v) is 2.20. The Bertz CT molecular complexity index is 584. The van der Waals surface area contributed by atoms with E-state index in [1.54, 1.807) is 18.2 Å². The number of anilines is 1. The molecule has 0 radical (unpaired) electrons. The van der Waals surface area contributed by atoms with E-state index in [1.165, 1.54) is 18.5 Å². The first-order valence-electron chi connectivity index (χ1n) is 5.08. The number of carboxylic acid groups (broad SMARTS) is 1. The fourth-order valence-corrected chi connectivity index (χ4v) is 1.38. The summed E-state index contributed by atoms with van der Waals surface area (Å²) in [7, 11) is 0. The lowest BCUT2D eigenvalue weighted by atomic mass is 10.1. The summed E-state index contributed by atoms with van der Waals surface area (Å²) in [5.74, 6) is -1.38. The number of rotatable bonds is 3. The van der Waals surface area contributed by atoms with Gasteiger partial charge in [0.2, 0.25) is 0 Å². The van der Waals surface area contributed by atoms with Crippen LogP contribution in [0.25, 0.3) is 0 Å². The molecular weight excluding hydrogens is 234 g/mol. The fraction of sp³-hybridized carbons (Fsp3) is 0. The number of aromatic carboxylic acids is 1. The Morgan fingerprint density at radius 3 is 2.61 bits per heavy atom. The number of aromatic nitrogens is 2. The predicted octanol–water partition coefficient (Wildman–Crippen LogP) is 1.43. The van der Waals surface area contributed by atoms with E-state index in [0.29, 0.717) is 5.82 Å². The average molecular weight is 243 g/mol. The monoisotopic (exact) mass is 243 g/mol. The molecular formula is C12H9N3O3. The largest absolute Gasteiger partial charge is 0.478 e. The highest BCUT2D eigenvalue weighted by molar-refractivity contribution is 6.10. The van der Waals surface area contributed by atoms with Crippen LogP contribution in [-0.2, 0) is 0 Å². The molecule has 6 heteroatoms. The second-order valence-corrected chi connectivity index (χ2v) is 3.40. The van der Waals surface area contributed by atoms with Crippen molar-refractivity contribution in [2.24, 2.45) is 0 Å². The molecule has 0 fully saturated rings. The minimum Gasteiger partial charge on any atom is -0.478 e. The Hall–Kier alpha value is -2.76. The molecule has 2 aromatic heterocycles. The molecule has 0 unspecified atom stereocenters. The molecule has 2 N–H and O–H groups in total. The van der Waals surface area contributed by atoms with Gasteiger partial charge in [0, 0.05) is 18.6 Å². The van der Waals surface area contributed by atoms with Crippen LogP contribution in [0.2, 0.25) is 0 Å².